The van der Waals surface area contributed by atoms with Crippen molar-refractivity contribution < 1.29 is 13.5 Å². The zero-order valence-corrected chi connectivity index (χ0v) is 13.8. The second kappa shape index (κ2) is 6.35. The summed E-state index contributed by atoms with van der Waals surface area (Å²) < 4.78 is 27.1. The predicted octanol–water partition coefficient (Wildman–Crippen LogP) is 2.60. The molecule has 0 atom stereocenters. The summed E-state index contributed by atoms with van der Waals surface area (Å²) in [6.07, 6.45) is 0. The van der Waals surface area contributed by atoms with Crippen LogP contribution >= 0.6 is 11.3 Å². The van der Waals surface area contributed by atoms with Gasteiger partial charge >= 0.3 is 0 Å². The van der Waals surface area contributed by atoms with Crippen molar-refractivity contribution in [3.05, 3.63) is 16.5 Å². The molecule has 19 heavy (non-hydrogen) atoms. The molecule has 0 saturated carbocycles. The molecule has 0 spiro atoms. The monoisotopic (exact) mass is 305 g/mol. The van der Waals surface area contributed by atoms with Gasteiger partial charge in [0.2, 0.25) is 0 Å². The van der Waals surface area contributed by atoms with Crippen molar-refractivity contribution in [2.75, 3.05) is 6.54 Å². The maximum absolute atomic E-state index is 12.6. The third-order valence-electron chi connectivity index (χ3n) is 2.83. The highest BCUT2D eigenvalue weighted by atomic mass is 32.2. The van der Waals surface area contributed by atoms with Gasteiger partial charge in [0.05, 0.1) is 6.61 Å². The fraction of sp³-hybridized carbons (Fsp3) is 0.692. The van der Waals surface area contributed by atoms with Crippen molar-refractivity contribution in [3.63, 3.8) is 0 Å². The molecular weight excluding hydrogens is 282 g/mol. The van der Waals surface area contributed by atoms with Gasteiger partial charge in [-0.05, 0) is 38.3 Å². The van der Waals surface area contributed by atoms with Crippen LogP contribution in [0.25, 0.3) is 0 Å². The van der Waals surface area contributed by atoms with E-state index in [-0.39, 0.29) is 18.6 Å². The highest BCUT2D eigenvalue weighted by Gasteiger charge is 2.29. The van der Waals surface area contributed by atoms with Gasteiger partial charge in [0.25, 0.3) is 10.0 Å². The summed E-state index contributed by atoms with van der Waals surface area (Å²) in [7, 11) is -3.47. The number of hydrogen-bond donors (Lipinski definition) is 1. The first-order chi connectivity index (χ1) is 8.70. The Balaban J connectivity index is 3.18. The molecule has 1 aromatic rings. The van der Waals surface area contributed by atoms with Gasteiger partial charge in [-0.3, -0.25) is 0 Å². The zero-order valence-electron chi connectivity index (χ0n) is 12.2. The van der Waals surface area contributed by atoms with E-state index >= 15 is 0 Å². The largest absolute Gasteiger partial charge is 0.391 e. The van der Waals surface area contributed by atoms with E-state index in [2.05, 4.69) is 0 Å². The Hall–Kier alpha value is -0.430. The number of sulfonamides is 1. The number of hydrogen-bond acceptors (Lipinski definition) is 4. The molecule has 0 saturated heterocycles. The average molecular weight is 305 g/mol. The van der Waals surface area contributed by atoms with Gasteiger partial charge in [-0.25, -0.2) is 8.42 Å². The fourth-order valence-electron chi connectivity index (χ4n) is 1.83. The van der Waals surface area contributed by atoms with Crippen molar-refractivity contribution in [2.45, 2.75) is 51.5 Å². The molecule has 0 radical (unpaired) electrons. The summed E-state index contributed by atoms with van der Waals surface area (Å²) in [6.45, 7) is 9.99. The Morgan fingerprint density at radius 2 is 1.89 bits per heavy atom. The first kappa shape index (κ1) is 16.6. The van der Waals surface area contributed by atoms with E-state index in [0.29, 0.717) is 15.6 Å². The predicted molar refractivity (Wildman–Crippen MR) is 78.8 cm³/mol. The van der Waals surface area contributed by atoms with Crippen molar-refractivity contribution in [3.8, 4) is 0 Å². The van der Waals surface area contributed by atoms with Crippen LogP contribution in [0.1, 0.15) is 38.1 Å². The summed E-state index contributed by atoms with van der Waals surface area (Å²) in [4.78, 5) is 0.715. The minimum absolute atomic E-state index is 0.0765. The van der Waals surface area contributed by atoms with Crippen molar-refractivity contribution in [2.24, 2.45) is 5.92 Å². The molecule has 0 aromatic carbocycles. The minimum atomic E-state index is -3.47. The van der Waals surface area contributed by atoms with E-state index in [9.17, 15) is 13.5 Å². The summed E-state index contributed by atoms with van der Waals surface area (Å²) in [5.74, 6) is 0.274. The number of aliphatic hydroxyl groups is 1. The SMILES string of the molecule is Cc1cc(S(=O)(=O)N(CC(C)C)C(C)C)sc1CO. The van der Waals surface area contributed by atoms with Gasteiger partial charge in [-0.2, -0.15) is 4.31 Å². The van der Waals surface area contributed by atoms with Gasteiger partial charge in [0.1, 0.15) is 4.21 Å². The first-order valence-electron chi connectivity index (χ1n) is 6.42. The highest BCUT2D eigenvalue weighted by molar-refractivity contribution is 7.91. The molecule has 0 bridgehead atoms. The Labute approximate surface area is 120 Å². The number of nitrogens with zero attached hydrogens (tertiary/aromatic N) is 1. The Morgan fingerprint density at radius 3 is 2.26 bits per heavy atom. The van der Waals surface area contributed by atoms with Gasteiger partial charge in [-0.15, -0.1) is 11.3 Å². The number of aryl methyl sites for hydroxylation is 1. The van der Waals surface area contributed by atoms with Crippen LogP contribution < -0.4 is 0 Å². The van der Waals surface area contributed by atoms with Crippen molar-refractivity contribution in [1.29, 1.82) is 0 Å². The lowest BCUT2D eigenvalue weighted by atomic mass is 10.2. The van der Waals surface area contributed by atoms with Crippen LogP contribution in [0.5, 0.6) is 0 Å². The minimum Gasteiger partial charge on any atom is -0.391 e. The Morgan fingerprint density at radius 1 is 1.32 bits per heavy atom. The highest BCUT2D eigenvalue weighted by Crippen LogP contribution is 2.29. The molecule has 1 aromatic heterocycles. The normalized spacial score (nSPS) is 12.9. The van der Waals surface area contributed by atoms with E-state index in [4.69, 9.17) is 0 Å². The van der Waals surface area contributed by atoms with E-state index in [1.807, 2.05) is 34.6 Å². The second-order valence-corrected chi connectivity index (χ2v) is 8.65. The maximum atomic E-state index is 12.6. The molecule has 0 aliphatic rings. The van der Waals surface area contributed by atoms with E-state index < -0.39 is 10.0 Å². The van der Waals surface area contributed by atoms with Crippen LogP contribution in [0.4, 0.5) is 0 Å². The number of thiophene rings is 1. The van der Waals surface area contributed by atoms with E-state index in [1.165, 1.54) is 4.31 Å². The fourth-order valence-corrected chi connectivity index (χ4v) is 5.21. The summed E-state index contributed by atoms with van der Waals surface area (Å²) >= 11 is 1.16. The van der Waals surface area contributed by atoms with E-state index in [0.717, 1.165) is 16.9 Å². The molecule has 1 N–H and O–H groups in total. The molecule has 0 amide bonds. The molecular formula is C13H23NO3S2. The van der Waals surface area contributed by atoms with Crippen LogP contribution in [0.3, 0.4) is 0 Å². The average Bonchev–Trinajstić information content (AvgIpc) is 2.67. The summed E-state index contributed by atoms with van der Waals surface area (Å²) in [6, 6.07) is 1.58. The number of aliphatic hydroxyl groups excluding tert-OH is 1. The molecule has 4 nitrogen and oxygen atoms in total. The lowest BCUT2D eigenvalue weighted by Crippen LogP contribution is -2.39. The summed E-state index contributed by atoms with van der Waals surface area (Å²) in [5, 5.41) is 9.19. The van der Waals surface area contributed by atoms with Crippen molar-refractivity contribution >= 4 is 21.4 Å². The molecule has 0 fully saturated rings. The van der Waals surface area contributed by atoms with Gasteiger partial charge in [0.15, 0.2) is 0 Å². The molecule has 0 aliphatic carbocycles. The molecule has 1 heterocycles. The standard InChI is InChI=1S/C13H23NO3S2/c1-9(2)7-14(10(3)4)19(16,17)13-6-11(5)12(8-15)18-13/h6,9-10,15H,7-8H2,1-5H3. The topological polar surface area (TPSA) is 57.6 Å². The maximum Gasteiger partial charge on any atom is 0.252 e. The second-order valence-electron chi connectivity index (χ2n) is 5.39. The first-order valence-corrected chi connectivity index (χ1v) is 8.67. The van der Waals surface area contributed by atoms with Crippen LogP contribution in [-0.2, 0) is 16.6 Å². The third-order valence-corrected chi connectivity index (χ3v) is 6.54. The zero-order chi connectivity index (χ0) is 14.8. The smallest absolute Gasteiger partial charge is 0.252 e. The van der Waals surface area contributed by atoms with Crippen LogP contribution in [0.15, 0.2) is 10.3 Å². The lowest BCUT2D eigenvalue weighted by Gasteiger charge is -2.26. The third kappa shape index (κ3) is 3.78. The Kier molecular flexibility index (Phi) is 5.55. The van der Waals surface area contributed by atoms with Gasteiger partial charge in [-0.1, -0.05) is 13.8 Å². The molecule has 110 valence electrons. The quantitative estimate of drug-likeness (QED) is 0.879. The van der Waals surface area contributed by atoms with Crippen LogP contribution in [0.2, 0.25) is 0 Å². The number of rotatable bonds is 6. The molecule has 0 unspecified atom stereocenters. The van der Waals surface area contributed by atoms with Gasteiger partial charge < -0.3 is 5.11 Å². The van der Waals surface area contributed by atoms with Crippen molar-refractivity contribution in [1.82, 2.24) is 4.31 Å². The molecule has 1 rings (SSSR count). The van der Waals surface area contributed by atoms with Gasteiger partial charge in [0, 0.05) is 17.5 Å². The molecule has 0 aliphatic heterocycles. The lowest BCUT2D eigenvalue weighted by molar-refractivity contribution is 0.285. The van der Waals surface area contributed by atoms with Crippen LogP contribution in [-0.4, -0.2) is 30.4 Å². The molecule has 6 heteroatoms. The van der Waals surface area contributed by atoms with Crippen LogP contribution in [0, 0.1) is 12.8 Å². The van der Waals surface area contributed by atoms with E-state index in [1.54, 1.807) is 6.07 Å². The summed E-state index contributed by atoms with van der Waals surface area (Å²) in [5.41, 5.74) is 0.833. The Bertz CT molecular complexity index is 518.